The van der Waals surface area contributed by atoms with E-state index >= 15 is 0 Å². The molecule has 0 spiro atoms. The van der Waals surface area contributed by atoms with E-state index in [4.69, 9.17) is 11.6 Å². The monoisotopic (exact) mass is 497 g/mol. The molecule has 0 aliphatic rings. The molecule has 7 nitrogen and oxygen atoms in total. The van der Waals surface area contributed by atoms with Gasteiger partial charge in [0.2, 0.25) is 21.8 Å². The van der Waals surface area contributed by atoms with E-state index in [1.165, 1.54) is 11.0 Å². The molecule has 0 aromatic heterocycles. The summed E-state index contributed by atoms with van der Waals surface area (Å²) in [6, 6.07) is 11.8. The molecule has 2 aromatic carbocycles. The molecule has 33 heavy (non-hydrogen) atoms. The zero-order valence-corrected chi connectivity index (χ0v) is 20.5. The number of amides is 2. The minimum atomic E-state index is -3.91. The number of carbonyl (C=O) groups is 2. The second-order valence-corrected chi connectivity index (χ2v) is 9.90. The molecular weight excluding hydrogens is 469 g/mol. The van der Waals surface area contributed by atoms with Crippen molar-refractivity contribution >= 4 is 39.1 Å². The molecule has 0 aliphatic carbocycles. The van der Waals surface area contributed by atoms with E-state index in [1.807, 2.05) is 37.3 Å². The van der Waals surface area contributed by atoms with Gasteiger partial charge >= 0.3 is 0 Å². The number of hydrogen-bond donors (Lipinski definition) is 1. The van der Waals surface area contributed by atoms with Gasteiger partial charge in [0, 0.05) is 13.1 Å². The van der Waals surface area contributed by atoms with Crippen molar-refractivity contribution in [1.82, 2.24) is 10.2 Å². The molecule has 0 aliphatic heterocycles. The zero-order valence-electron chi connectivity index (χ0n) is 18.9. The first-order valence-corrected chi connectivity index (χ1v) is 12.8. The minimum Gasteiger partial charge on any atom is -0.354 e. The van der Waals surface area contributed by atoms with Crippen LogP contribution in [0.4, 0.5) is 10.1 Å². The van der Waals surface area contributed by atoms with Crippen LogP contribution in [-0.2, 0) is 26.2 Å². The maximum Gasteiger partial charge on any atom is 0.244 e. The lowest BCUT2D eigenvalue weighted by Gasteiger charge is -2.33. The Morgan fingerprint density at radius 3 is 2.33 bits per heavy atom. The van der Waals surface area contributed by atoms with Gasteiger partial charge in [-0.3, -0.25) is 13.9 Å². The van der Waals surface area contributed by atoms with E-state index in [9.17, 15) is 22.4 Å². The summed E-state index contributed by atoms with van der Waals surface area (Å²) >= 11 is 5.83. The predicted octanol–water partition coefficient (Wildman–Crippen LogP) is 3.58. The van der Waals surface area contributed by atoms with Crippen LogP contribution >= 0.6 is 11.6 Å². The van der Waals surface area contributed by atoms with Crippen LogP contribution in [0.15, 0.2) is 48.5 Å². The number of carbonyl (C=O) groups excluding carboxylic acids is 2. The Kier molecular flexibility index (Phi) is 9.67. The highest BCUT2D eigenvalue weighted by Gasteiger charge is 2.31. The summed E-state index contributed by atoms with van der Waals surface area (Å²) in [5, 5.41) is 2.55. The molecule has 10 heteroatoms. The molecule has 1 atom stereocenters. The number of hydrogen-bond acceptors (Lipinski definition) is 4. The summed E-state index contributed by atoms with van der Waals surface area (Å²) < 4.78 is 39.5. The quantitative estimate of drug-likeness (QED) is 0.514. The van der Waals surface area contributed by atoms with E-state index in [0.29, 0.717) is 13.0 Å². The Morgan fingerprint density at radius 1 is 1.12 bits per heavy atom. The summed E-state index contributed by atoms with van der Waals surface area (Å²) in [6.45, 7) is 3.73. The molecule has 2 rings (SSSR count). The van der Waals surface area contributed by atoms with E-state index in [0.717, 1.165) is 34.7 Å². The number of nitrogens with one attached hydrogen (secondary N) is 1. The normalized spacial score (nSPS) is 12.2. The maximum absolute atomic E-state index is 13.6. The molecule has 0 fully saturated rings. The van der Waals surface area contributed by atoms with Gasteiger partial charge < -0.3 is 10.2 Å². The van der Waals surface area contributed by atoms with Crippen molar-refractivity contribution < 1.29 is 22.4 Å². The van der Waals surface area contributed by atoms with Crippen molar-refractivity contribution in [2.24, 2.45) is 0 Å². The van der Waals surface area contributed by atoms with E-state index in [2.05, 4.69) is 5.32 Å². The van der Waals surface area contributed by atoms with Crippen molar-refractivity contribution in [2.75, 3.05) is 23.7 Å². The van der Waals surface area contributed by atoms with Gasteiger partial charge in [-0.15, -0.1) is 0 Å². The fourth-order valence-corrected chi connectivity index (χ4v) is 4.34. The number of anilines is 1. The first kappa shape index (κ1) is 26.6. The Bertz CT molecular complexity index is 1070. The fraction of sp³-hybridized carbons (Fsp3) is 0.391. The summed E-state index contributed by atoms with van der Waals surface area (Å²) in [7, 11) is -3.91. The van der Waals surface area contributed by atoms with Gasteiger partial charge in [0.1, 0.15) is 18.4 Å². The lowest BCUT2D eigenvalue weighted by molar-refractivity contribution is -0.140. The predicted molar refractivity (Wildman–Crippen MR) is 128 cm³/mol. The van der Waals surface area contributed by atoms with E-state index < -0.39 is 34.3 Å². The molecule has 0 unspecified atom stereocenters. The third-order valence-corrected chi connectivity index (χ3v) is 6.43. The van der Waals surface area contributed by atoms with Crippen LogP contribution in [-0.4, -0.2) is 50.5 Å². The molecule has 0 saturated heterocycles. The number of sulfonamides is 1. The van der Waals surface area contributed by atoms with Crippen LogP contribution in [0.3, 0.4) is 0 Å². The lowest BCUT2D eigenvalue weighted by Crippen LogP contribution is -2.52. The largest absolute Gasteiger partial charge is 0.354 e. The minimum absolute atomic E-state index is 0.0559. The van der Waals surface area contributed by atoms with Crippen LogP contribution in [0.25, 0.3) is 0 Å². The Balaban J connectivity index is 2.41. The van der Waals surface area contributed by atoms with Gasteiger partial charge in [0.25, 0.3) is 0 Å². The van der Waals surface area contributed by atoms with Crippen LogP contribution in [0, 0.1) is 5.82 Å². The molecule has 0 radical (unpaired) electrons. The average Bonchev–Trinajstić information content (AvgIpc) is 2.77. The molecule has 0 bridgehead atoms. The first-order chi connectivity index (χ1) is 15.6. The second kappa shape index (κ2) is 12.0. The van der Waals surface area contributed by atoms with Crippen molar-refractivity contribution in [3.8, 4) is 0 Å². The highest BCUT2D eigenvalue weighted by Crippen LogP contribution is 2.25. The second-order valence-electron chi connectivity index (χ2n) is 7.59. The SMILES string of the molecule is CCCNC(=O)[C@@H](CC)N(Cc1ccccc1)C(=O)CN(c1ccc(F)c(Cl)c1)S(C)(=O)=O. The maximum atomic E-state index is 13.6. The Hall–Kier alpha value is -2.65. The van der Waals surface area contributed by atoms with Crippen molar-refractivity contribution in [3.63, 3.8) is 0 Å². The van der Waals surface area contributed by atoms with E-state index in [-0.39, 0.29) is 23.2 Å². The lowest BCUT2D eigenvalue weighted by atomic mass is 10.1. The van der Waals surface area contributed by atoms with Crippen LogP contribution < -0.4 is 9.62 Å². The number of halogens is 2. The van der Waals surface area contributed by atoms with Crippen molar-refractivity contribution in [2.45, 2.75) is 39.3 Å². The molecule has 180 valence electrons. The highest BCUT2D eigenvalue weighted by atomic mass is 35.5. The Labute approximate surface area is 199 Å². The van der Waals surface area contributed by atoms with Gasteiger partial charge in [-0.2, -0.15) is 0 Å². The standard InChI is InChI=1S/C23H29ClFN3O4S/c1-4-13-26-23(30)21(5-2)27(15-17-9-7-6-8-10-17)22(29)16-28(33(3,31)32)18-11-12-20(25)19(24)14-18/h6-12,14,21H,4-5,13,15-16H2,1-3H3,(H,26,30)/t21-/m1/s1. The van der Waals surface area contributed by atoms with Crippen LogP contribution in [0.2, 0.25) is 5.02 Å². The summed E-state index contributed by atoms with van der Waals surface area (Å²) in [4.78, 5) is 27.6. The summed E-state index contributed by atoms with van der Waals surface area (Å²) in [5.74, 6) is -1.58. The van der Waals surface area contributed by atoms with Gasteiger partial charge in [-0.25, -0.2) is 12.8 Å². The molecule has 1 N–H and O–H groups in total. The van der Waals surface area contributed by atoms with E-state index in [1.54, 1.807) is 6.92 Å². The molecule has 2 aromatic rings. The number of rotatable bonds is 11. The highest BCUT2D eigenvalue weighted by molar-refractivity contribution is 7.92. The van der Waals surface area contributed by atoms with Gasteiger partial charge in [-0.05, 0) is 36.6 Å². The smallest absolute Gasteiger partial charge is 0.244 e. The topological polar surface area (TPSA) is 86.8 Å². The third kappa shape index (κ3) is 7.43. The average molecular weight is 498 g/mol. The van der Waals surface area contributed by atoms with Gasteiger partial charge in [0.15, 0.2) is 0 Å². The molecule has 2 amide bonds. The molecule has 0 heterocycles. The van der Waals surface area contributed by atoms with Crippen molar-refractivity contribution in [1.29, 1.82) is 0 Å². The summed E-state index contributed by atoms with van der Waals surface area (Å²) in [5.41, 5.74) is 0.851. The van der Waals surface area contributed by atoms with Gasteiger partial charge in [0.05, 0.1) is 17.0 Å². The zero-order chi connectivity index (χ0) is 24.6. The molecule has 0 saturated carbocycles. The Morgan fingerprint density at radius 2 is 1.79 bits per heavy atom. The van der Waals surface area contributed by atoms with Crippen molar-refractivity contribution in [3.05, 3.63) is 64.9 Å². The third-order valence-electron chi connectivity index (χ3n) is 5.00. The van der Waals surface area contributed by atoms with Crippen LogP contribution in [0.5, 0.6) is 0 Å². The first-order valence-electron chi connectivity index (χ1n) is 10.6. The number of benzene rings is 2. The van der Waals surface area contributed by atoms with Crippen LogP contribution in [0.1, 0.15) is 32.3 Å². The fourth-order valence-electron chi connectivity index (χ4n) is 3.32. The molecular formula is C23H29ClFN3O4S. The van der Waals surface area contributed by atoms with Gasteiger partial charge in [-0.1, -0.05) is 55.8 Å². The summed E-state index contributed by atoms with van der Waals surface area (Å²) in [6.07, 6.45) is 2.03. The number of nitrogens with zero attached hydrogens (tertiary/aromatic N) is 2.